The van der Waals surface area contributed by atoms with Crippen LogP contribution >= 0.6 is 0 Å². The lowest BCUT2D eigenvalue weighted by molar-refractivity contribution is 0.0726. The SMILES string of the molecule is CC(C)n1c(=O)n(C)c2nnc3cc(F)c(-c4ccc(COCCN5CCC(F)CC5)nc4)cc3c21. The van der Waals surface area contributed by atoms with Gasteiger partial charge in [-0.05, 0) is 38.8 Å². The fourth-order valence-corrected chi connectivity index (χ4v) is 4.78. The average molecular weight is 497 g/mol. The maximum Gasteiger partial charge on any atom is 0.330 e. The van der Waals surface area contributed by atoms with Gasteiger partial charge in [0.25, 0.3) is 0 Å². The van der Waals surface area contributed by atoms with E-state index in [-0.39, 0.29) is 11.7 Å². The molecule has 8 nitrogen and oxygen atoms in total. The molecule has 1 saturated heterocycles. The second kappa shape index (κ2) is 10.0. The lowest BCUT2D eigenvalue weighted by Gasteiger charge is -2.28. The molecule has 0 atom stereocenters. The Hall–Kier alpha value is -3.24. The number of pyridine rings is 1. The fourth-order valence-electron chi connectivity index (χ4n) is 4.78. The molecule has 190 valence electrons. The Labute approximate surface area is 207 Å². The van der Waals surface area contributed by atoms with Gasteiger partial charge in [0.05, 0.1) is 24.4 Å². The minimum Gasteiger partial charge on any atom is -0.374 e. The van der Waals surface area contributed by atoms with E-state index in [1.165, 1.54) is 10.6 Å². The van der Waals surface area contributed by atoms with Crippen molar-refractivity contribution in [1.82, 2.24) is 29.2 Å². The Bertz CT molecular complexity index is 1440. The van der Waals surface area contributed by atoms with E-state index in [9.17, 15) is 9.18 Å². The second-order valence-electron chi connectivity index (χ2n) is 9.63. The second-order valence-corrected chi connectivity index (χ2v) is 9.63. The van der Waals surface area contributed by atoms with Crippen LogP contribution in [0.15, 0.2) is 35.3 Å². The Balaban J connectivity index is 1.36. The normalized spacial score (nSPS) is 15.5. The molecule has 36 heavy (non-hydrogen) atoms. The standard InChI is InChI=1S/C26H30F2N6O2/c1-16(2)34-24-21-12-20(22(28)13-23(21)30-31-25(24)32(3)26(34)35)17-4-5-19(29-14-17)15-36-11-10-33-8-6-18(27)7-9-33/h4-5,12-14,16,18H,6-11,15H2,1-3H3. The van der Waals surface area contributed by atoms with Crippen molar-refractivity contribution in [3.05, 3.63) is 52.5 Å². The number of likely N-dealkylation sites (tertiary alicyclic amines) is 1. The summed E-state index contributed by atoms with van der Waals surface area (Å²) in [7, 11) is 1.66. The van der Waals surface area contributed by atoms with Gasteiger partial charge < -0.3 is 9.64 Å². The molecule has 5 rings (SSSR count). The zero-order valence-electron chi connectivity index (χ0n) is 20.7. The minimum absolute atomic E-state index is 0.0985. The van der Waals surface area contributed by atoms with Crippen molar-refractivity contribution >= 4 is 22.1 Å². The molecule has 4 aromatic rings. The topological polar surface area (TPSA) is 78.1 Å². The lowest BCUT2D eigenvalue weighted by atomic mass is 10.0. The molecule has 1 aliphatic rings. The maximum atomic E-state index is 15.1. The summed E-state index contributed by atoms with van der Waals surface area (Å²) >= 11 is 0. The summed E-state index contributed by atoms with van der Waals surface area (Å²) in [4.78, 5) is 19.5. The molecule has 1 aliphatic heterocycles. The number of nitrogens with zero attached hydrogens (tertiary/aromatic N) is 6. The number of hydrogen-bond acceptors (Lipinski definition) is 6. The molecule has 0 unspecified atom stereocenters. The number of ether oxygens (including phenoxy) is 1. The van der Waals surface area contributed by atoms with E-state index in [2.05, 4.69) is 20.1 Å². The van der Waals surface area contributed by atoms with Crippen LogP contribution in [-0.4, -0.2) is 61.6 Å². The van der Waals surface area contributed by atoms with Crippen LogP contribution in [-0.2, 0) is 18.4 Å². The first kappa shape index (κ1) is 24.5. The van der Waals surface area contributed by atoms with Gasteiger partial charge in [-0.15, -0.1) is 10.2 Å². The van der Waals surface area contributed by atoms with E-state index in [4.69, 9.17) is 4.74 Å². The van der Waals surface area contributed by atoms with Gasteiger partial charge in [0.1, 0.15) is 17.5 Å². The first-order chi connectivity index (χ1) is 17.3. The number of piperidine rings is 1. The van der Waals surface area contributed by atoms with E-state index in [0.717, 1.165) is 25.3 Å². The highest BCUT2D eigenvalue weighted by Crippen LogP contribution is 2.31. The van der Waals surface area contributed by atoms with E-state index in [1.807, 2.05) is 26.0 Å². The lowest BCUT2D eigenvalue weighted by Crippen LogP contribution is -2.36. The summed E-state index contributed by atoms with van der Waals surface area (Å²) in [5.74, 6) is -0.437. The number of imidazole rings is 1. The zero-order chi connectivity index (χ0) is 25.4. The largest absolute Gasteiger partial charge is 0.374 e. The quantitative estimate of drug-likeness (QED) is 0.360. The predicted octanol–water partition coefficient (Wildman–Crippen LogP) is 4.02. The van der Waals surface area contributed by atoms with E-state index in [1.54, 1.807) is 23.9 Å². The van der Waals surface area contributed by atoms with Crippen LogP contribution in [0, 0.1) is 5.82 Å². The third-order valence-corrected chi connectivity index (χ3v) is 6.83. The van der Waals surface area contributed by atoms with Crippen molar-refractivity contribution < 1.29 is 13.5 Å². The zero-order valence-corrected chi connectivity index (χ0v) is 20.7. The molecule has 0 N–H and O–H groups in total. The van der Waals surface area contributed by atoms with Gasteiger partial charge in [-0.2, -0.15) is 0 Å². The molecular formula is C26H30F2N6O2. The van der Waals surface area contributed by atoms with Crippen molar-refractivity contribution in [2.24, 2.45) is 7.05 Å². The van der Waals surface area contributed by atoms with Crippen LogP contribution in [0.2, 0.25) is 0 Å². The van der Waals surface area contributed by atoms with E-state index in [0.29, 0.717) is 59.2 Å². The molecule has 10 heteroatoms. The van der Waals surface area contributed by atoms with Crippen molar-refractivity contribution in [2.45, 2.75) is 45.5 Å². The van der Waals surface area contributed by atoms with Gasteiger partial charge in [-0.25, -0.2) is 13.6 Å². The van der Waals surface area contributed by atoms with Crippen LogP contribution in [0.4, 0.5) is 8.78 Å². The number of fused-ring (bicyclic) bond motifs is 3. The summed E-state index contributed by atoms with van der Waals surface area (Å²) in [5.41, 5.74) is 3.03. The molecule has 3 aromatic heterocycles. The molecule has 1 fully saturated rings. The third-order valence-electron chi connectivity index (χ3n) is 6.83. The van der Waals surface area contributed by atoms with Crippen LogP contribution in [0.3, 0.4) is 0 Å². The molecule has 0 aliphatic carbocycles. The number of halogens is 2. The molecule has 1 aromatic carbocycles. The number of hydrogen-bond donors (Lipinski definition) is 0. The first-order valence-electron chi connectivity index (χ1n) is 12.3. The van der Waals surface area contributed by atoms with Crippen molar-refractivity contribution in [2.75, 3.05) is 26.2 Å². The summed E-state index contributed by atoms with van der Waals surface area (Å²) in [6.45, 7) is 7.05. The van der Waals surface area contributed by atoms with Gasteiger partial charge in [0.2, 0.25) is 0 Å². The van der Waals surface area contributed by atoms with Gasteiger partial charge in [-0.1, -0.05) is 6.07 Å². The summed E-state index contributed by atoms with van der Waals surface area (Å²) < 4.78 is 37.2. The van der Waals surface area contributed by atoms with Crippen LogP contribution < -0.4 is 5.69 Å². The van der Waals surface area contributed by atoms with Crippen molar-refractivity contribution in [1.29, 1.82) is 0 Å². The van der Waals surface area contributed by atoms with Crippen molar-refractivity contribution in [3.8, 4) is 11.1 Å². The van der Waals surface area contributed by atoms with Gasteiger partial charge >= 0.3 is 5.69 Å². The summed E-state index contributed by atoms with van der Waals surface area (Å²) in [5, 5.41) is 8.99. The Kier molecular flexibility index (Phi) is 6.81. The van der Waals surface area contributed by atoms with Crippen LogP contribution in [0.1, 0.15) is 38.4 Å². The molecule has 0 saturated carbocycles. The Morgan fingerprint density at radius 3 is 2.64 bits per heavy atom. The number of aryl methyl sites for hydroxylation is 1. The third kappa shape index (κ3) is 4.62. The van der Waals surface area contributed by atoms with Gasteiger partial charge in [-0.3, -0.25) is 14.1 Å². The monoisotopic (exact) mass is 496 g/mol. The molecule has 0 radical (unpaired) electrons. The van der Waals surface area contributed by atoms with Crippen molar-refractivity contribution in [3.63, 3.8) is 0 Å². The first-order valence-corrected chi connectivity index (χ1v) is 12.3. The maximum absolute atomic E-state index is 15.1. The number of rotatable bonds is 7. The molecular weight excluding hydrogens is 466 g/mol. The fraction of sp³-hybridized carbons (Fsp3) is 0.462. The predicted molar refractivity (Wildman–Crippen MR) is 134 cm³/mol. The smallest absolute Gasteiger partial charge is 0.330 e. The average Bonchev–Trinajstić information content (AvgIpc) is 3.13. The Morgan fingerprint density at radius 1 is 1.17 bits per heavy atom. The highest BCUT2D eigenvalue weighted by Gasteiger charge is 2.20. The molecule has 0 bridgehead atoms. The number of aromatic nitrogens is 5. The minimum atomic E-state index is -0.677. The van der Waals surface area contributed by atoms with E-state index < -0.39 is 12.0 Å². The van der Waals surface area contributed by atoms with E-state index >= 15 is 4.39 Å². The highest BCUT2D eigenvalue weighted by atomic mass is 19.1. The molecule has 4 heterocycles. The molecule has 0 amide bonds. The van der Waals surface area contributed by atoms with Gasteiger partial charge in [0.15, 0.2) is 5.65 Å². The van der Waals surface area contributed by atoms with Gasteiger partial charge in [0, 0.05) is 61.5 Å². The molecule has 0 spiro atoms. The van der Waals surface area contributed by atoms with Crippen LogP contribution in [0.5, 0.6) is 0 Å². The Morgan fingerprint density at radius 2 is 1.94 bits per heavy atom. The summed E-state index contributed by atoms with van der Waals surface area (Å²) in [6, 6.07) is 6.60. The highest BCUT2D eigenvalue weighted by molar-refractivity contribution is 6.02. The number of benzene rings is 1. The van der Waals surface area contributed by atoms with Crippen LogP contribution in [0.25, 0.3) is 33.2 Å². The summed E-state index contributed by atoms with van der Waals surface area (Å²) in [6.07, 6.45) is 2.13. The number of alkyl halides is 1.